The molecule has 0 saturated carbocycles. The van der Waals surface area contributed by atoms with Gasteiger partial charge in [-0.15, -0.1) is 0 Å². The fraction of sp³-hybridized carbons (Fsp3) is 0.444. The summed E-state index contributed by atoms with van der Waals surface area (Å²) in [6.45, 7) is 5.03. The number of likely N-dealkylation sites (tertiary alicyclic amines) is 1. The molecule has 8 heteroatoms. The molecular formula is C18H23N5O3. The van der Waals surface area contributed by atoms with Crippen molar-refractivity contribution in [1.29, 1.82) is 0 Å². The van der Waals surface area contributed by atoms with Crippen molar-refractivity contribution in [3.8, 4) is 0 Å². The van der Waals surface area contributed by atoms with Gasteiger partial charge in [0.15, 0.2) is 5.76 Å². The molecule has 0 bridgehead atoms. The van der Waals surface area contributed by atoms with Crippen LogP contribution in [0.25, 0.3) is 0 Å². The molecule has 2 aromatic rings. The number of nitrogen functional groups attached to an aromatic ring is 1. The summed E-state index contributed by atoms with van der Waals surface area (Å²) >= 11 is 0. The number of piperidine rings is 1. The Morgan fingerprint density at radius 2 is 2.19 bits per heavy atom. The van der Waals surface area contributed by atoms with Crippen LogP contribution >= 0.6 is 0 Å². The Morgan fingerprint density at radius 1 is 1.38 bits per heavy atom. The highest BCUT2D eigenvalue weighted by Gasteiger charge is 2.27. The van der Waals surface area contributed by atoms with Crippen LogP contribution in [0, 0.1) is 0 Å². The minimum absolute atomic E-state index is 0.0830. The highest BCUT2D eigenvalue weighted by Crippen LogP contribution is 2.16. The Labute approximate surface area is 151 Å². The van der Waals surface area contributed by atoms with E-state index in [1.165, 1.54) is 6.26 Å². The Morgan fingerprint density at radius 3 is 2.88 bits per heavy atom. The third-order valence-electron chi connectivity index (χ3n) is 4.36. The standard InChI is InChI=1S/C18H23N5O3/c1-11(2)13-9-14(22-18(19)21-13)16(24)20-12-5-3-7-23(10-12)17(25)15-6-4-8-26-15/h4,6,8-9,11-12H,3,5,7,10H2,1-2H3,(H,20,24)(H2,19,21,22). The van der Waals surface area contributed by atoms with Crippen LogP contribution < -0.4 is 11.1 Å². The number of aromatic nitrogens is 2. The van der Waals surface area contributed by atoms with Crippen molar-refractivity contribution >= 4 is 17.8 Å². The van der Waals surface area contributed by atoms with E-state index in [4.69, 9.17) is 10.2 Å². The first-order chi connectivity index (χ1) is 12.4. The second kappa shape index (κ2) is 7.55. The first-order valence-electron chi connectivity index (χ1n) is 8.72. The normalized spacial score (nSPS) is 17.3. The van der Waals surface area contributed by atoms with E-state index in [0.717, 1.165) is 18.5 Å². The lowest BCUT2D eigenvalue weighted by molar-refractivity contribution is 0.0646. The smallest absolute Gasteiger partial charge is 0.289 e. The van der Waals surface area contributed by atoms with E-state index in [-0.39, 0.29) is 35.4 Å². The lowest BCUT2D eigenvalue weighted by Crippen LogP contribution is -2.49. The van der Waals surface area contributed by atoms with E-state index in [1.54, 1.807) is 23.1 Å². The molecule has 2 aromatic heterocycles. The summed E-state index contributed by atoms with van der Waals surface area (Å²) in [5, 5.41) is 2.95. The topological polar surface area (TPSA) is 114 Å². The van der Waals surface area contributed by atoms with Crippen molar-refractivity contribution in [1.82, 2.24) is 20.2 Å². The van der Waals surface area contributed by atoms with E-state index < -0.39 is 0 Å². The molecule has 2 amide bonds. The van der Waals surface area contributed by atoms with Crippen LogP contribution in [0.5, 0.6) is 0 Å². The number of furan rings is 1. The van der Waals surface area contributed by atoms with E-state index >= 15 is 0 Å². The molecule has 26 heavy (non-hydrogen) atoms. The molecule has 0 spiro atoms. The van der Waals surface area contributed by atoms with Gasteiger partial charge in [0.25, 0.3) is 11.8 Å². The molecule has 0 radical (unpaired) electrons. The van der Waals surface area contributed by atoms with Gasteiger partial charge < -0.3 is 20.4 Å². The quantitative estimate of drug-likeness (QED) is 0.862. The summed E-state index contributed by atoms with van der Waals surface area (Å²) in [4.78, 5) is 34.9. The van der Waals surface area contributed by atoms with Crippen molar-refractivity contribution in [2.24, 2.45) is 0 Å². The zero-order valence-electron chi connectivity index (χ0n) is 14.9. The maximum atomic E-state index is 12.6. The molecule has 1 unspecified atom stereocenters. The van der Waals surface area contributed by atoms with Gasteiger partial charge in [0, 0.05) is 24.8 Å². The number of nitrogens with one attached hydrogen (secondary N) is 1. The summed E-state index contributed by atoms with van der Waals surface area (Å²) in [5.74, 6) is 0.0605. The highest BCUT2D eigenvalue weighted by atomic mass is 16.3. The number of carbonyl (C=O) groups excluding carboxylic acids is 2. The Balaban J connectivity index is 1.67. The molecule has 1 fully saturated rings. The Kier molecular flexibility index (Phi) is 5.20. The average molecular weight is 357 g/mol. The molecule has 0 aliphatic carbocycles. The SMILES string of the molecule is CC(C)c1cc(C(=O)NC2CCCN(C(=O)c3ccco3)C2)nc(N)n1. The predicted molar refractivity (Wildman–Crippen MR) is 95.6 cm³/mol. The van der Waals surface area contributed by atoms with Gasteiger partial charge in [-0.05, 0) is 37.0 Å². The van der Waals surface area contributed by atoms with Gasteiger partial charge in [0.05, 0.1) is 6.26 Å². The second-order valence-electron chi connectivity index (χ2n) is 6.73. The number of amides is 2. The number of rotatable bonds is 4. The van der Waals surface area contributed by atoms with Crippen LogP contribution in [-0.4, -0.2) is 45.8 Å². The summed E-state index contributed by atoms with van der Waals surface area (Å²) < 4.78 is 5.17. The van der Waals surface area contributed by atoms with Crippen LogP contribution in [0.1, 0.15) is 59.3 Å². The Bertz CT molecular complexity index is 788. The first-order valence-corrected chi connectivity index (χ1v) is 8.72. The van der Waals surface area contributed by atoms with Gasteiger partial charge >= 0.3 is 0 Å². The fourth-order valence-corrected chi connectivity index (χ4v) is 2.99. The van der Waals surface area contributed by atoms with Gasteiger partial charge in [-0.3, -0.25) is 9.59 Å². The molecular weight excluding hydrogens is 334 g/mol. The number of nitrogens with two attached hydrogens (primary N) is 1. The first kappa shape index (κ1) is 17.9. The second-order valence-corrected chi connectivity index (χ2v) is 6.73. The molecule has 138 valence electrons. The van der Waals surface area contributed by atoms with Crippen LogP contribution in [0.4, 0.5) is 5.95 Å². The summed E-state index contributed by atoms with van der Waals surface area (Å²) in [6, 6.07) is 4.84. The average Bonchev–Trinajstić information content (AvgIpc) is 3.15. The van der Waals surface area contributed by atoms with Gasteiger partial charge in [0.1, 0.15) is 5.69 Å². The minimum Gasteiger partial charge on any atom is -0.459 e. The van der Waals surface area contributed by atoms with Crippen molar-refractivity contribution in [2.45, 2.75) is 38.6 Å². The van der Waals surface area contributed by atoms with E-state index in [0.29, 0.717) is 18.8 Å². The third-order valence-corrected chi connectivity index (χ3v) is 4.36. The molecule has 0 aromatic carbocycles. The van der Waals surface area contributed by atoms with Gasteiger partial charge in [-0.1, -0.05) is 13.8 Å². The van der Waals surface area contributed by atoms with Crippen LogP contribution in [0.3, 0.4) is 0 Å². The van der Waals surface area contributed by atoms with Crippen molar-refractivity contribution in [3.05, 3.63) is 41.6 Å². The van der Waals surface area contributed by atoms with Gasteiger partial charge in [-0.25, -0.2) is 9.97 Å². The maximum Gasteiger partial charge on any atom is 0.289 e. The molecule has 3 N–H and O–H groups in total. The zero-order chi connectivity index (χ0) is 18.7. The maximum absolute atomic E-state index is 12.6. The molecule has 8 nitrogen and oxygen atoms in total. The lowest BCUT2D eigenvalue weighted by atomic mass is 10.0. The molecule has 1 atom stereocenters. The Hall–Kier alpha value is -2.90. The van der Waals surface area contributed by atoms with Crippen molar-refractivity contribution < 1.29 is 14.0 Å². The van der Waals surface area contributed by atoms with Crippen LogP contribution in [0.15, 0.2) is 28.9 Å². The number of carbonyl (C=O) groups is 2. The highest BCUT2D eigenvalue weighted by molar-refractivity contribution is 5.93. The van der Waals surface area contributed by atoms with Crippen LogP contribution in [0.2, 0.25) is 0 Å². The van der Waals surface area contributed by atoms with Crippen LogP contribution in [-0.2, 0) is 0 Å². The number of nitrogens with zero attached hydrogens (tertiary/aromatic N) is 3. The number of anilines is 1. The largest absolute Gasteiger partial charge is 0.459 e. The lowest BCUT2D eigenvalue weighted by Gasteiger charge is -2.32. The van der Waals surface area contributed by atoms with Gasteiger partial charge in [0.2, 0.25) is 5.95 Å². The summed E-state index contributed by atoms with van der Waals surface area (Å²) in [6.07, 6.45) is 3.08. The fourth-order valence-electron chi connectivity index (χ4n) is 2.99. The summed E-state index contributed by atoms with van der Waals surface area (Å²) in [7, 11) is 0. The number of hydrogen-bond acceptors (Lipinski definition) is 6. The van der Waals surface area contributed by atoms with Crippen molar-refractivity contribution in [3.63, 3.8) is 0 Å². The zero-order valence-corrected chi connectivity index (χ0v) is 14.9. The third kappa shape index (κ3) is 4.01. The molecule has 3 heterocycles. The summed E-state index contributed by atoms with van der Waals surface area (Å²) in [5.41, 5.74) is 6.69. The predicted octanol–water partition coefficient (Wildman–Crippen LogP) is 1.81. The van der Waals surface area contributed by atoms with Gasteiger partial charge in [-0.2, -0.15) is 0 Å². The molecule has 1 aliphatic heterocycles. The van der Waals surface area contributed by atoms with Crippen molar-refractivity contribution in [2.75, 3.05) is 18.8 Å². The minimum atomic E-state index is -0.307. The number of hydrogen-bond donors (Lipinski definition) is 2. The molecule has 1 saturated heterocycles. The molecule has 1 aliphatic rings. The monoisotopic (exact) mass is 357 g/mol. The van der Waals surface area contributed by atoms with E-state index in [1.807, 2.05) is 13.8 Å². The van der Waals surface area contributed by atoms with E-state index in [9.17, 15) is 9.59 Å². The molecule has 3 rings (SSSR count). The van der Waals surface area contributed by atoms with E-state index in [2.05, 4.69) is 15.3 Å².